The minimum Gasteiger partial charge on any atom is -0.506 e. The molecule has 0 radical (unpaired) electrons. The second-order valence-corrected chi connectivity index (χ2v) is 7.79. The summed E-state index contributed by atoms with van der Waals surface area (Å²) in [5.74, 6) is 0.981. The fourth-order valence-electron chi connectivity index (χ4n) is 3.32. The molecule has 0 aliphatic carbocycles. The molecule has 4 aromatic rings. The largest absolute Gasteiger partial charge is 0.506 e. The lowest BCUT2D eigenvalue weighted by atomic mass is 10.0. The van der Waals surface area contributed by atoms with Crippen LogP contribution in [0.2, 0.25) is 0 Å². The van der Waals surface area contributed by atoms with Crippen LogP contribution in [0.3, 0.4) is 0 Å². The third-order valence-corrected chi connectivity index (χ3v) is 5.48. The zero-order chi connectivity index (χ0) is 19.0. The molecular weight excluding hydrogens is 354 g/mol. The highest BCUT2D eigenvalue weighted by atomic mass is 32.1. The van der Waals surface area contributed by atoms with Crippen molar-refractivity contribution in [2.45, 2.75) is 20.0 Å². The number of thiophene rings is 1. The summed E-state index contributed by atoms with van der Waals surface area (Å²) < 4.78 is 5.79. The molecule has 136 valence electrons. The van der Waals surface area contributed by atoms with E-state index in [9.17, 15) is 5.11 Å². The molecule has 0 saturated carbocycles. The average Bonchev–Trinajstić information content (AvgIpc) is 2.95. The van der Waals surface area contributed by atoms with Crippen LogP contribution in [0.25, 0.3) is 32.3 Å². The summed E-state index contributed by atoms with van der Waals surface area (Å²) in [6, 6.07) is 21.9. The Bertz CT molecular complexity index is 1110. The Morgan fingerprint density at radius 3 is 2.52 bits per heavy atom. The van der Waals surface area contributed by atoms with Gasteiger partial charge in [0.05, 0.1) is 21.5 Å². The van der Waals surface area contributed by atoms with Crippen LogP contribution in [0, 0.1) is 0 Å². The van der Waals surface area contributed by atoms with Gasteiger partial charge in [-0.05, 0) is 42.3 Å². The summed E-state index contributed by atoms with van der Waals surface area (Å²) in [6.45, 7) is 3.98. The molecule has 0 atom stereocenters. The fourth-order valence-corrected chi connectivity index (χ4v) is 4.34. The molecule has 0 unspecified atom stereocenters. The lowest BCUT2D eigenvalue weighted by Crippen LogP contribution is -2.05. The zero-order valence-electron chi connectivity index (χ0n) is 15.3. The second kappa shape index (κ2) is 6.97. The molecular formula is C23H21NO2S. The molecule has 1 aromatic heterocycles. The normalized spacial score (nSPS) is 11.2. The monoisotopic (exact) mass is 375 g/mol. The van der Waals surface area contributed by atoms with E-state index in [0.29, 0.717) is 10.6 Å². The predicted molar refractivity (Wildman–Crippen MR) is 115 cm³/mol. The van der Waals surface area contributed by atoms with Gasteiger partial charge in [-0.1, -0.05) is 54.6 Å². The molecule has 1 heterocycles. The van der Waals surface area contributed by atoms with E-state index < -0.39 is 0 Å². The van der Waals surface area contributed by atoms with E-state index >= 15 is 0 Å². The van der Waals surface area contributed by atoms with Crippen LogP contribution >= 0.6 is 11.3 Å². The Morgan fingerprint density at radius 2 is 1.70 bits per heavy atom. The van der Waals surface area contributed by atoms with Gasteiger partial charge in [0.25, 0.3) is 0 Å². The highest BCUT2D eigenvalue weighted by Crippen LogP contribution is 2.50. The number of anilines is 1. The first kappa shape index (κ1) is 17.4. The van der Waals surface area contributed by atoms with Crippen LogP contribution < -0.4 is 10.5 Å². The van der Waals surface area contributed by atoms with Gasteiger partial charge in [-0.3, -0.25) is 0 Å². The number of ether oxygens (including phenoxy) is 1. The second-order valence-electron chi connectivity index (χ2n) is 6.74. The molecule has 0 aliphatic rings. The van der Waals surface area contributed by atoms with Crippen LogP contribution in [0.15, 0.2) is 66.7 Å². The summed E-state index contributed by atoms with van der Waals surface area (Å²) in [6.07, 6.45) is 0.0833. The predicted octanol–water partition coefficient (Wildman–Crippen LogP) is 6.31. The minimum atomic E-state index is 0.0833. The van der Waals surface area contributed by atoms with Gasteiger partial charge < -0.3 is 15.6 Å². The number of nitrogen functional groups attached to an aromatic ring is 1. The van der Waals surface area contributed by atoms with Crippen LogP contribution in [-0.2, 0) is 0 Å². The minimum absolute atomic E-state index is 0.0833. The fraction of sp³-hybridized carbons (Fsp3) is 0.130. The Hall–Kier alpha value is -2.98. The first-order valence-corrected chi connectivity index (χ1v) is 9.72. The first-order valence-electron chi connectivity index (χ1n) is 8.91. The average molecular weight is 375 g/mol. The number of benzene rings is 3. The van der Waals surface area contributed by atoms with Crippen molar-refractivity contribution in [1.29, 1.82) is 0 Å². The Labute approximate surface area is 162 Å². The van der Waals surface area contributed by atoms with Gasteiger partial charge in [0.1, 0.15) is 11.5 Å². The van der Waals surface area contributed by atoms with E-state index in [1.807, 2.05) is 62.4 Å². The van der Waals surface area contributed by atoms with Crippen LogP contribution in [-0.4, -0.2) is 11.2 Å². The SMILES string of the molecule is CC(C)Oc1cccc(-c2c(N)sc(-c3cccc4ccccc34)c2O)c1. The quantitative estimate of drug-likeness (QED) is 0.439. The third-order valence-electron chi connectivity index (χ3n) is 4.44. The van der Waals surface area contributed by atoms with Gasteiger partial charge in [-0.25, -0.2) is 0 Å². The van der Waals surface area contributed by atoms with Gasteiger partial charge in [0.2, 0.25) is 0 Å². The molecule has 27 heavy (non-hydrogen) atoms. The van der Waals surface area contributed by atoms with E-state index in [0.717, 1.165) is 32.5 Å². The van der Waals surface area contributed by atoms with E-state index in [4.69, 9.17) is 10.5 Å². The Kier molecular flexibility index (Phi) is 4.50. The standard InChI is InChI=1S/C23H21NO2S/c1-14(2)26-17-10-5-9-16(13-17)20-21(25)22(27-23(20)24)19-12-6-8-15-7-3-4-11-18(15)19/h3-14,25H,24H2,1-2H3. The highest BCUT2D eigenvalue weighted by molar-refractivity contribution is 7.20. The number of fused-ring (bicyclic) bond motifs is 1. The molecule has 0 aliphatic heterocycles. The highest BCUT2D eigenvalue weighted by Gasteiger charge is 2.20. The maximum atomic E-state index is 11.0. The van der Waals surface area contributed by atoms with Gasteiger partial charge >= 0.3 is 0 Å². The maximum Gasteiger partial charge on any atom is 0.144 e. The summed E-state index contributed by atoms with van der Waals surface area (Å²) >= 11 is 1.41. The van der Waals surface area contributed by atoms with Crippen LogP contribution in [0.5, 0.6) is 11.5 Å². The van der Waals surface area contributed by atoms with Crippen molar-refractivity contribution >= 4 is 27.1 Å². The molecule has 3 N–H and O–H groups in total. The number of hydrogen-bond donors (Lipinski definition) is 2. The number of hydrogen-bond acceptors (Lipinski definition) is 4. The topological polar surface area (TPSA) is 55.5 Å². The van der Waals surface area contributed by atoms with Crippen molar-refractivity contribution in [1.82, 2.24) is 0 Å². The van der Waals surface area contributed by atoms with E-state index in [1.54, 1.807) is 0 Å². The van der Waals surface area contributed by atoms with Crippen molar-refractivity contribution in [3.8, 4) is 33.1 Å². The lowest BCUT2D eigenvalue weighted by Gasteiger charge is -2.11. The number of aromatic hydroxyl groups is 1. The van der Waals surface area contributed by atoms with Gasteiger partial charge in [0.15, 0.2) is 0 Å². The Balaban J connectivity index is 1.86. The lowest BCUT2D eigenvalue weighted by molar-refractivity contribution is 0.242. The van der Waals surface area contributed by atoms with E-state index in [2.05, 4.69) is 18.2 Å². The first-order chi connectivity index (χ1) is 13.0. The van der Waals surface area contributed by atoms with Crippen molar-refractivity contribution in [3.05, 3.63) is 66.7 Å². The van der Waals surface area contributed by atoms with E-state index in [1.165, 1.54) is 11.3 Å². The summed E-state index contributed by atoms with van der Waals surface area (Å²) in [4.78, 5) is 0.787. The molecule has 0 bridgehead atoms. The maximum absolute atomic E-state index is 11.0. The zero-order valence-corrected chi connectivity index (χ0v) is 16.1. The van der Waals surface area contributed by atoms with Crippen molar-refractivity contribution < 1.29 is 9.84 Å². The van der Waals surface area contributed by atoms with Crippen LogP contribution in [0.4, 0.5) is 5.00 Å². The van der Waals surface area contributed by atoms with E-state index in [-0.39, 0.29) is 11.9 Å². The molecule has 3 aromatic carbocycles. The summed E-state index contributed by atoms with van der Waals surface area (Å²) in [5.41, 5.74) is 8.83. The van der Waals surface area contributed by atoms with Crippen LogP contribution in [0.1, 0.15) is 13.8 Å². The third kappa shape index (κ3) is 3.24. The van der Waals surface area contributed by atoms with Crippen molar-refractivity contribution in [2.24, 2.45) is 0 Å². The van der Waals surface area contributed by atoms with Crippen molar-refractivity contribution in [3.63, 3.8) is 0 Å². The molecule has 4 heteroatoms. The molecule has 0 amide bonds. The van der Waals surface area contributed by atoms with Crippen molar-refractivity contribution in [2.75, 3.05) is 5.73 Å². The Morgan fingerprint density at radius 1 is 0.963 bits per heavy atom. The van der Waals surface area contributed by atoms with Gasteiger partial charge in [-0.15, -0.1) is 11.3 Å². The molecule has 3 nitrogen and oxygen atoms in total. The van der Waals surface area contributed by atoms with Gasteiger partial charge in [0, 0.05) is 5.56 Å². The number of nitrogens with two attached hydrogens (primary N) is 1. The molecule has 0 spiro atoms. The molecule has 4 rings (SSSR count). The summed E-state index contributed by atoms with van der Waals surface area (Å²) in [5, 5.41) is 13.9. The summed E-state index contributed by atoms with van der Waals surface area (Å²) in [7, 11) is 0. The molecule has 0 fully saturated rings. The number of rotatable bonds is 4. The smallest absolute Gasteiger partial charge is 0.144 e. The van der Waals surface area contributed by atoms with Gasteiger partial charge in [-0.2, -0.15) is 0 Å². The molecule has 0 saturated heterocycles.